The van der Waals surface area contributed by atoms with Crippen LogP contribution in [-0.4, -0.2) is 42.7 Å². The van der Waals surface area contributed by atoms with Gasteiger partial charge in [0, 0.05) is 17.5 Å². The van der Waals surface area contributed by atoms with Crippen molar-refractivity contribution >= 4 is 21.4 Å². The molecule has 1 aliphatic heterocycles. The highest BCUT2D eigenvalue weighted by atomic mass is 32.2. The van der Waals surface area contributed by atoms with E-state index >= 15 is 0 Å². The summed E-state index contributed by atoms with van der Waals surface area (Å²) in [6, 6.07) is 0.191. The minimum atomic E-state index is -3.02. The molecule has 128 valence electrons. The van der Waals surface area contributed by atoms with Crippen LogP contribution in [0.4, 0.5) is 0 Å². The molecular weight excluding hydrogens is 330 g/mol. The van der Waals surface area contributed by atoms with Crippen molar-refractivity contribution in [3.8, 4) is 0 Å². The Kier molecular flexibility index (Phi) is 4.03. The predicted octanol–water partition coefficient (Wildman–Crippen LogP) is 2.28. The molecule has 1 N–H and O–H groups in total. The van der Waals surface area contributed by atoms with Crippen molar-refractivity contribution in [1.29, 1.82) is 0 Å². The van der Waals surface area contributed by atoms with Gasteiger partial charge in [0.15, 0.2) is 0 Å². The average Bonchev–Trinajstić information content (AvgIpc) is 3.26. The molecule has 0 amide bonds. The van der Waals surface area contributed by atoms with Gasteiger partial charge in [0.1, 0.15) is 0 Å². The lowest BCUT2D eigenvalue weighted by atomic mass is 9.61. The standard InChI is InChI=1S/C16H25N3O2S2/c1-12-15(22-11-17-12)10-19-6-4-16(5-7-19)8-13(9-16)18-23(20,21)14-2-3-14/h11,13-14,18H,2-10H2,1H3. The van der Waals surface area contributed by atoms with Gasteiger partial charge in [-0.2, -0.15) is 0 Å². The fraction of sp³-hybridized carbons (Fsp3) is 0.812. The molecule has 0 bridgehead atoms. The Morgan fingerprint density at radius 2 is 2.04 bits per heavy atom. The zero-order valence-electron chi connectivity index (χ0n) is 13.6. The Hall–Kier alpha value is -0.500. The molecule has 1 saturated heterocycles. The molecule has 2 aliphatic carbocycles. The minimum absolute atomic E-state index is 0.0939. The molecule has 1 aromatic heterocycles. The number of rotatable bonds is 5. The molecule has 0 atom stereocenters. The van der Waals surface area contributed by atoms with E-state index in [0.717, 1.165) is 51.0 Å². The van der Waals surface area contributed by atoms with Gasteiger partial charge in [-0.3, -0.25) is 4.90 Å². The largest absolute Gasteiger partial charge is 0.298 e. The fourth-order valence-corrected chi connectivity index (χ4v) is 6.45. The van der Waals surface area contributed by atoms with E-state index in [1.165, 1.54) is 17.7 Å². The molecule has 5 nitrogen and oxygen atoms in total. The Labute approximate surface area is 142 Å². The fourth-order valence-electron chi connectivity index (χ4n) is 4.05. The monoisotopic (exact) mass is 355 g/mol. The molecule has 4 rings (SSSR count). The first-order chi connectivity index (χ1) is 11.0. The molecule has 1 spiro atoms. The van der Waals surface area contributed by atoms with Crippen LogP contribution in [0, 0.1) is 12.3 Å². The molecule has 0 unspecified atom stereocenters. The summed E-state index contributed by atoms with van der Waals surface area (Å²) >= 11 is 1.75. The summed E-state index contributed by atoms with van der Waals surface area (Å²) in [6.07, 6.45) is 6.16. The lowest BCUT2D eigenvalue weighted by molar-refractivity contribution is 0.0108. The number of thiazole rings is 1. The third kappa shape index (κ3) is 3.34. The number of piperidine rings is 1. The lowest BCUT2D eigenvalue weighted by Crippen LogP contribution is -2.55. The van der Waals surface area contributed by atoms with Crippen LogP contribution in [0.2, 0.25) is 0 Å². The van der Waals surface area contributed by atoms with Crippen LogP contribution in [0.3, 0.4) is 0 Å². The first-order valence-electron chi connectivity index (χ1n) is 8.58. The Bertz CT molecular complexity index is 665. The van der Waals surface area contributed by atoms with Crippen molar-refractivity contribution in [2.75, 3.05) is 13.1 Å². The highest BCUT2D eigenvalue weighted by Crippen LogP contribution is 2.49. The molecule has 2 saturated carbocycles. The number of nitrogens with zero attached hydrogens (tertiary/aromatic N) is 2. The number of hydrogen-bond acceptors (Lipinski definition) is 5. The number of sulfonamides is 1. The normalized spacial score (nSPS) is 25.6. The van der Waals surface area contributed by atoms with Crippen molar-refractivity contribution in [2.45, 2.75) is 63.3 Å². The zero-order valence-corrected chi connectivity index (χ0v) is 15.3. The summed E-state index contributed by atoms with van der Waals surface area (Å²) in [7, 11) is -3.02. The van der Waals surface area contributed by atoms with Gasteiger partial charge in [-0.15, -0.1) is 11.3 Å². The smallest absolute Gasteiger partial charge is 0.214 e. The van der Waals surface area contributed by atoms with E-state index in [0.29, 0.717) is 5.41 Å². The number of aryl methyl sites for hydroxylation is 1. The maximum absolute atomic E-state index is 12.0. The molecule has 0 radical (unpaired) electrons. The van der Waals surface area contributed by atoms with Crippen molar-refractivity contribution in [2.24, 2.45) is 5.41 Å². The van der Waals surface area contributed by atoms with Gasteiger partial charge in [0.05, 0.1) is 16.5 Å². The van der Waals surface area contributed by atoms with E-state index in [-0.39, 0.29) is 11.3 Å². The van der Waals surface area contributed by atoms with Crippen molar-refractivity contribution in [3.05, 3.63) is 16.1 Å². The van der Waals surface area contributed by atoms with Crippen LogP contribution in [0.15, 0.2) is 5.51 Å². The van der Waals surface area contributed by atoms with Gasteiger partial charge < -0.3 is 0 Å². The number of nitrogens with one attached hydrogen (secondary N) is 1. The molecule has 1 aromatic rings. The van der Waals surface area contributed by atoms with E-state index in [4.69, 9.17) is 0 Å². The Morgan fingerprint density at radius 3 is 2.61 bits per heavy atom. The molecule has 7 heteroatoms. The average molecular weight is 356 g/mol. The Balaban J connectivity index is 1.25. The molecule has 3 aliphatic rings. The summed E-state index contributed by atoms with van der Waals surface area (Å²) in [6.45, 7) is 5.35. The van der Waals surface area contributed by atoms with E-state index < -0.39 is 10.0 Å². The van der Waals surface area contributed by atoms with Crippen LogP contribution in [0.1, 0.15) is 49.1 Å². The van der Waals surface area contributed by atoms with Crippen LogP contribution >= 0.6 is 11.3 Å². The molecular formula is C16H25N3O2S2. The maximum Gasteiger partial charge on any atom is 0.214 e. The topological polar surface area (TPSA) is 62.3 Å². The highest BCUT2D eigenvalue weighted by molar-refractivity contribution is 7.90. The second-order valence-corrected chi connectivity index (χ2v) is 10.5. The van der Waals surface area contributed by atoms with Crippen molar-refractivity contribution in [3.63, 3.8) is 0 Å². The van der Waals surface area contributed by atoms with E-state index in [1.54, 1.807) is 11.3 Å². The second-order valence-electron chi connectivity index (χ2n) is 7.60. The third-order valence-electron chi connectivity index (χ3n) is 5.78. The predicted molar refractivity (Wildman–Crippen MR) is 91.9 cm³/mol. The van der Waals surface area contributed by atoms with Gasteiger partial charge in [0.25, 0.3) is 0 Å². The maximum atomic E-state index is 12.0. The minimum Gasteiger partial charge on any atom is -0.298 e. The first kappa shape index (κ1) is 16.0. The quantitative estimate of drug-likeness (QED) is 0.880. The molecule has 3 fully saturated rings. The number of aromatic nitrogens is 1. The second kappa shape index (κ2) is 5.79. The zero-order chi connectivity index (χ0) is 16.1. The summed E-state index contributed by atoms with van der Waals surface area (Å²) in [5.74, 6) is 0. The van der Waals surface area contributed by atoms with Gasteiger partial charge in [0.2, 0.25) is 10.0 Å². The van der Waals surface area contributed by atoms with Crippen LogP contribution in [-0.2, 0) is 16.6 Å². The van der Waals surface area contributed by atoms with E-state index in [1.807, 2.05) is 5.51 Å². The summed E-state index contributed by atoms with van der Waals surface area (Å²) in [5, 5.41) is -0.0939. The number of hydrogen-bond donors (Lipinski definition) is 1. The van der Waals surface area contributed by atoms with Gasteiger partial charge in [-0.1, -0.05) is 0 Å². The van der Waals surface area contributed by atoms with Crippen molar-refractivity contribution in [1.82, 2.24) is 14.6 Å². The van der Waals surface area contributed by atoms with Crippen LogP contribution in [0.5, 0.6) is 0 Å². The summed E-state index contributed by atoms with van der Waals surface area (Å²) in [4.78, 5) is 8.23. The SMILES string of the molecule is Cc1ncsc1CN1CCC2(CC1)CC(NS(=O)(=O)C1CC1)C2. The van der Waals surface area contributed by atoms with Gasteiger partial charge >= 0.3 is 0 Å². The summed E-state index contributed by atoms with van der Waals surface area (Å²) in [5.41, 5.74) is 3.49. The third-order valence-corrected chi connectivity index (χ3v) is 8.71. The van der Waals surface area contributed by atoms with E-state index in [2.05, 4.69) is 21.5 Å². The van der Waals surface area contributed by atoms with Crippen LogP contribution in [0.25, 0.3) is 0 Å². The summed E-state index contributed by atoms with van der Waals surface area (Å²) < 4.78 is 26.9. The van der Waals surface area contributed by atoms with Gasteiger partial charge in [-0.25, -0.2) is 18.1 Å². The number of likely N-dealkylation sites (tertiary alicyclic amines) is 1. The molecule has 0 aromatic carbocycles. The first-order valence-corrected chi connectivity index (χ1v) is 11.0. The highest BCUT2D eigenvalue weighted by Gasteiger charge is 2.48. The van der Waals surface area contributed by atoms with Crippen molar-refractivity contribution < 1.29 is 8.42 Å². The van der Waals surface area contributed by atoms with Crippen LogP contribution < -0.4 is 4.72 Å². The van der Waals surface area contributed by atoms with E-state index in [9.17, 15) is 8.42 Å². The lowest BCUT2D eigenvalue weighted by Gasteiger charge is -2.52. The molecule has 2 heterocycles. The van der Waals surface area contributed by atoms with Gasteiger partial charge in [-0.05, 0) is 64.0 Å². The molecule has 23 heavy (non-hydrogen) atoms. The Morgan fingerprint density at radius 1 is 1.35 bits per heavy atom.